The molecule has 1 amide bonds. The number of hydrogen-bond donors (Lipinski definition) is 2. The van der Waals surface area contributed by atoms with E-state index in [4.69, 9.17) is 0 Å². The molecule has 0 bridgehead atoms. The number of hydrogen-bond acceptors (Lipinski definition) is 6. The minimum atomic E-state index is -1.87. The molecule has 146 valence electrons. The normalized spacial score (nSPS) is 11.5. The SMILES string of the molecule is CCn1cc(NC(=O)C(F)Cc2cnc(-c3ccc(O)cc3)s2)c(C(=O)[O-])c1.[K+]. The van der Waals surface area contributed by atoms with Crippen molar-refractivity contribution in [2.45, 2.75) is 26.1 Å². The molecule has 29 heavy (non-hydrogen) atoms. The maximum Gasteiger partial charge on any atom is 1.00 e. The molecule has 2 N–H and O–H groups in total. The van der Waals surface area contributed by atoms with E-state index < -0.39 is 18.0 Å². The number of carboxylic acids is 1. The van der Waals surface area contributed by atoms with E-state index in [1.807, 2.05) is 0 Å². The monoisotopic (exact) mass is 441 g/mol. The predicted molar refractivity (Wildman–Crippen MR) is 101 cm³/mol. The molecule has 1 unspecified atom stereocenters. The number of aromatic nitrogens is 2. The Balaban J connectivity index is 0.00000300. The number of aryl methyl sites for hydroxylation is 1. The number of carboxylic acid groups (broad SMARTS) is 1. The van der Waals surface area contributed by atoms with E-state index in [9.17, 15) is 24.2 Å². The van der Waals surface area contributed by atoms with Gasteiger partial charge in [-0.25, -0.2) is 9.37 Å². The van der Waals surface area contributed by atoms with Crippen LogP contribution in [0.2, 0.25) is 0 Å². The minimum Gasteiger partial charge on any atom is -0.545 e. The number of phenolic OH excluding ortho intramolecular Hbond substituents is 1. The molecule has 0 radical (unpaired) electrons. The number of halogens is 1. The van der Waals surface area contributed by atoms with Gasteiger partial charge in [-0.3, -0.25) is 4.79 Å². The van der Waals surface area contributed by atoms with Gasteiger partial charge in [0.1, 0.15) is 10.8 Å². The van der Waals surface area contributed by atoms with Crippen LogP contribution in [0.3, 0.4) is 0 Å². The Hall–Kier alpha value is -1.56. The molecule has 1 atom stereocenters. The van der Waals surface area contributed by atoms with Gasteiger partial charge >= 0.3 is 51.4 Å². The van der Waals surface area contributed by atoms with Crippen LogP contribution < -0.4 is 61.8 Å². The van der Waals surface area contributed by atoms with Gasteiger partial charge in [0.25, 0.3) is 5.91 Å². The molecule has 2 heterocycles. The Morgan fingerprint density at radius 1 is 1.31 bits per heavy atom. The molecule has 3 rings (SSSR count). The fourth-order valence-electron chi connectivity index (χ4n) is 2.57. The Bertz CT molecular complexity index is 1000. The van der Waals surface area contributed by atoms with Crippen molar-refractivity contribution in [3.8, 4) is 16.3 Å². The molecule has 0 aliphatic rings. The van der Waals surface area contributed by atoms with E-state index in [0.29, 0.717) is 16.4 Å². The molecular weight excluding hydrogens is 424 g/mol. The van der Waals surface area contributed by atoms with Crippen LogP contribution in [-0.2, 0) is 17.8 Å². The zero-order chi connectivity index (χ0) is 20.3. The van der Waals surface area contributed by atoms with Crippen molar-refractivity contribution in [1.82, 2.24) is 9.55 Å². The number of alkyl halides is 1. The Morgan fingerprint density at radius 3 is 2.62 bits per heavy atom. The molecule has 2 aromatic heterocycles. The molecule has 0 aliphatic heterocycles. The summed E-state index contributed by atoms with van der Waals surface area (Å²) in [6.07, 6.45) is 2.19. The third-order valence-electron chi connectivity index (χ3n) is 4.06. The fraction of sp³-hybridized carbons (Fsp3) is 0.211. The topological polar surface area (TPSA) is 107 Å². The summed E-state index contributed by atoms with van der Waals surface area (Å²) in [6, 6.07) is 6.44. The average molecular weight is 442 g/mol. The van der Waals surface area contributed by atoms with E-state index in [1.54, 1.807) is 23.6 Å². The van der Waals surface area contributed by atoms with Crippen molar-refractivity contribution in [3.63, 3.8) is 0 Å². The second-order valence-corrected chi connectivity index (χ2v) is 7.16. The summed E-state index contributed by atoms with van der Waals surface area (Å²) in [5, 5.41) is 23.4. The number of anilines is 1. The van der Waals surface area contributed by atoms with Crippen molar-refractivity contribution in [2.24, 2.45) is 0 Å². The Morgan fingerprint density at radius 2 is 2.00 bits per heavy atom. The fourth-order valence-corrected chi connectivity index (χ4v) is 3.52. The summed E-state index contributed by atoms with van der Waals surface area (Å²) in [4.78, 5) is 28.1. The average Bonchev–Trinajstić information content (AvgIpc) is 3.29. The van der Waals surface area contributed by atoms with Gasteiger partial charge in [-0.2, -0.15) is 0 Å². The van der Waals surface area contributed by atoms with E-state index in [0.717, 1.165) is 5.56 Å². The van der Waals surface area contributed by atoms with Gasteiger partial charge in [-0.1, -0.05) is 0 Å². The summed E-state index contributed by atoms with van der Waals surface area (Å²) in [6.45, 7) is 2.30. The summed E-state index contributed by atoms with van der Waals surface area (Å²) >= 11 is 1.24. The molecule has 0 aliphatic carbocycles. The first-order chi connectivity index (χ1) is 13.4. The van der Waals surface area contributed by atoms with Crippen LogP contribution in [-0.4, -0.2) is 32.7 Å². The number of benzene rings is 1. The maximum absolute atomic E-state index is 14.4. The molecular formula is C19H17FKN3O4S. The van der Waals surface area contributed by atoms with E-state index in [-0.39, 0.29) is 74.8 Å². The standard InChI is InChI=1S/C19H18FN3O4S.K/c1-2-23-9-14(19(26)27)16(10-23)22-17(25)15(20)7-13-8-21-18(28-13)11-3-5-12(24)6-4-11;/h3-6,8-10,15,24H,2,7H2,1H3,(H,22,25)(H,26,27);/q;+1/p-1. The third-order valence-corrected chi connectivity index (χ3v) is 5.12. The number of nitrogens with one attached hydrogen (secondary N) is 1. The van der Waals surface area contributed by atoms with Gasteiger partial charge < -0.3 is 24.9 Å². The van der Waals surface area contributed by atoms with Gasteiger partial charge in [0.2, 0.25) is 0 Å². The number of phenols is 1. The van der Waals surface area contributed by atoms with Crippen LogP contribution in [0.4, 0.5) is 10.1 Å². The maximum atomic E-state index is 14.4. The molecule has 0 saturated carbocycles. The number of amides is 1. The molecule has 0 fully saturated rings. The zero-order valence-electron chi connectivity index (χ0n) is 15.9. The van der Waals surface area contributed by atoms with Crippen LogP contribution in [0.5, 0.6) is 5.75 Å². The second-order valence-electron chi connectivity index (χ2n) is 6.04. The largest absolute Gasteiger partial charge is 1.00 e. The number of aromatic carboxylic acids is 1. The van der Waals surface area contributed by atoms with Crippen molar-refractivity contribution in [1.29, 1.82) is 0 Å². The van der Waals surface area contributed by atoms with Crippen molar-refractivity contribution in [2.75, 3.05) is 5.32 Å². The van der Waals surface area contributed by atoms with Crippen molar-refractivity contribution >= 4 is 28.9 Å². The summed E-state index contributed by atoms with van der Waals surface area (Å²) < 4.78 is 16.0. The van der Waals surface area contributed by atoms with E-state index in [2.05, 4.69) is 10.3 Å². The van der Waals surface area contributed by atoms with Crippen LogP contribution in [0, 0.1) is 0 Å². The number of rotatable bonds is 7. The number of carbonyl (C=O) groups is 2. The molecule has 10 heteroatoms. The first-order valence-electron chi connectivity index (χ1n) is 8.47. The van der Waals surface area contributed by atoms with Crippen molar-refractivity contribution < 1.29 is 75.6 Å². The molecule has 7 nitrogen and oxygen atoms in total. The Labute approximate surface area is 213 Å². The summed E-state index contributed by atoms with van der Waals surface area (Å²) in [5.74, 6) is -2.25. The van der Waals surface area contributed by atoms with Crippen molar-refractivity contribution in [3.05, 3.63) is 53.3 Å². The summed E-state index contributed by atoms with van der Waals surface area (Å²) in [5.41, 5.74) is 0.576. The van der Waals surface area contributed by atoms with Crippen LogP contribution in [0.15, 0.2) is 42.9 Å². The van der Waals surface area contributed by atoms with Crippen LogP contribution in [0.1, 0.15) is 22.2 Å². The predicted octanol–water partition coefficient (Wildman–Crippen LogP) is -0.776. The summed E-state index contributed by atoms with van der Waals surface area (Å²) in [7, 11) is 0. The smallest absolute Gasteiger partial charge is 0.545 e. The quantitative estimate of drug-likeness (QED) is 0.468. The number of thiazole rings is 1. The van der Waals surface area contributed by atoms with Gasteiger partial charge in [0.15, 0.2) is 6.17 Å². The molecule has 0 saturated heterocycles. The van der Waals surface area contributed by atoms with Gasteiger partial charge in [-0.05, 0) is 31.2 Å². The first kappa shape index (κ1) is 23.7. The molecule has 0 spiro atoms. The Kier molecular flexibility index (Phi) is 8.55. The molecule has 3 aromatic rings. The van der Waals surface area contributed by atoms with Crippen LogP contribution in [0.25, 0.3) is 10.6 Å². The minimum absolute atomic E-state index is 0. The van der Waals surface area contributed by atoms with Crippen LogP contribution >= 0.6 is 11.3 Å². The third kappa shape index (κ3) is 5.97. The van der Waals surface area contributed by atoms with Gasteiger partial charge in [0.05, 0.1) is 11.7 Å². The van der Waals surface area contributed by atoms with Gasteiger partial charge in [-0.15, -0.1) is 11.3 Å². The molecule has 1 aromatic carbocycles. The number of aromatic hydroxyl groups is 1. The number of carbonyl (C=O) groups excluding carboxylic acids is 2. The first-order valence-corrected chi connectivity index (χ1v) is 9.29. The zero-order valence-corrected chi connectivity index (χ0v) is 19.8. The van der Waals surface area contributed by atoms with Gasteiger partial charge in [0, 0.05) is 47.6 Å². The second kappa shape index (κ2) is 10.5. The van der Waals surface area contributed by atoms with E-state index in [1.165, 1.54) is 42.1 Å². The number of nitrogens with zero attached hydrogens (tertiary/aromatic N) is 2. The van der Waals surface area contributed by atoms with E-state index >= 15 is 0 Å².